The third kappa shape index (κ3) is 4.18. The number of halogens is 2. The van der Waals surface area contributed by atoms with Gasteiger partial charge in [0.25, 0.3) is 0 Å². The Bertz CT molecular complexity index is 963. The Kier molecular flexibility index (Phi) is 6.29. The van der Waals surface area contributed by atoms with Crippen LogP contribution in [0.4, 0.5) is 13.6 Å². The lowest BCUT2D eigenvalue weighted by atomic mass is 9.80. The highest BCUT2D eigenvalue weighted by Gasteiger charge is 2.48. The van der Waals surface area contributed by atoms with Crippen molar-refractivity contribution in [1.82, 2.24) is 9.91 Å². The summed E-state index contributed by atoms with van der Waals surface area (Å²) in [6.45, 7) is 2.26. The lowest BCUT2D eigenvalue weighted by Crippen LogP contribution is -2.52. The molecule has 0 bridgehead atoms. The lowest BCUT2D eigenvalue weighted by Gasteiger charge is -2.40. The third-order valence-corrected chi connectivity index (χ3v) is 5.89. The number of nitrogens with two attached hydrogens (primary N) is 1. The first-order chi connectivity index (χ1) is 15.0. The second-order valence-corrected chi connectivity index (χ2v) is 7.83. The van der Waals surface area contributed by atoms with E-state index in [1.165, 1.54) is 5.01 Å². The first-order valence-corrected chi connectivity index (χ1v) is 10.5. The van der Waals surface area contributed by atoms with Gasteiger partial charge in [-0.25, -0.2) is 18.6 Å². The van der Waals surface area contributed by atoms with Gasteiger partial charge in [-0.05, 0) is 43.1 Å². The number of hydrazone groups is 1. The molecule has 6 nitrogen and oxygen atoms in total. The molecular weight excluding hydrogens is 402 g/mol. The van der Waals surface area contributed by atoms with Crippen molar-refractivity contribution in [2.45, 2.75) is 24.8 Å². The standard InChI is InChI=1S/C23H26F2N4O2/c24-18-7-8-20(25)19(15-18)21-16-23(9-4-10-26,17-5-2-1-3-6-17)29(27-21)22(30)28-11-13-31-14-12-28/h1-3,5-8,15H,4,9-14,16,26H2. The molecule has 2 amide bonds. The molecule has 2 heterocycles. The number of nitrogens with zero attached hydrogens (tertiary/aromatic N) is 3. The largest absolute Gasteiger partial charge is 0.378 e. The van der Waals surface area contributed by atoms with Gasteiger partial charge >= 0.3 is 6.03 Å². The summed E-state index contributed by atoms with van der Waals surface area (Å²) in [4.78, 5) is 15.3. The maximum absolute atomic E-state index is 14.6. The number of amides is 2. The van der Waals surface area contributed by atoms with E-state index in [1.54, 1.807) is 4.90 Å². The Morgan fingerprint density at radius 2 is 1.87 bits per heavy atom. The first-order valence-electron chi connectivity index (χ1n) is 10.5. The summed E-state index contributed by atoms with van der Waals surface area (Å²) in [6, 6.07) is 12.6. The maximum atomic E-state index is 14.6. The van der Waals surface area contributed by atoms with Crippen molar-refractivity contribution in [3.8, 4) is 0 Å². The van der Waals surface area contributed by atoms with Crippen LogP contribution in [0.1, 0.15) is 30.4 Å². The average Bonchev–Trinajstić information content (AvgIpc) is 3.20. The quantitative estimate of drug-likeness (QED) is 0.793. The van der Waals surface area contributed by atoms with Gasteiger partial charge in [0, 0.05) is 25.1 Å². The molecule has 1 fully saturated rings. The molecule has 4 rings (SSSR count). The Labute approximate surface area is 180 Å². The average molecular weight is 428 g/mol. The topological polar surface area (TPSA) is 71.2 Å². The zero-order chi connectivity index (χ0) is 21.8. The minimum atomic E-state index is -0.829. The number of urea groups is 1. The maximum Gasteiger partial charge on any atom is 0.341 e. The zero-order valence-corrected chi connectivity index (χ0v) is 17.3. The molecule has 31 heavy (non-hydrogen) atoms. The second kappa shape index (κ2) is 9.11. The number of hydrogen-bond donors (Lipinski definition) is 1. The summed E-state index contributed by atoms with van der Waals surface area (Å²) in [6.07, 6.45) is 1.47. The molecular formula is C23H26F2N4O2. The molecule has 0 radical (unpaired) electrons. The summed E-state index contributed by atoms with van der Waals surface area (Å²) in [5.41, 5.74) is 6.30. The molecule has 2 aliphatic heterocycles. The van der Waals surface area contributed by atoms with Crippen molar-refractivity contribution >= 4 is 11.7 Å². The molecule has 0 spiro atoms. The van der Waals surface area contributed by atoms with E-state index < -0.39 is 17.2 Å². The Morgan fingerprint density at radius 3 is 2.58 bits per heavy atom. The number of carbonyl (C=O) groups excluding carboxylic acids is 1. The molecule has 0 aromatic heterocycles. The number of hydrogen-bond acceptors (Lipinski definition) is 4. The molecule has 1 saturated heterocycles. The fourth-order valence-electron chi connectivity index (χ4n) is 4.29. The van der Waals surface area contributed by atoms with Crippen LogP contribution < -0.4 is 5.73 Å². The van der Waals surface area contributed by atoms with Gasteiger partial charge < -0.3 is 15.4 Å². The van der Waals surface area contributed by atoms with Crippen LogP contribution in [0, 0.1) is 11.6 Å². The van der Waals surface area contributed by atoms with Crippen LogP contribution in [0.3, 0.4) is 0 Å². The molecule has 1 atom stereocenters. The first kappa shape index (κ1) is 21.4. The number of benzene rings is 2. The Balaban J connectivity index is 1.81. The monoisotopic (exact) mass is 428 g/mol. The van der Waals surface area contributed by atoms with E-state index >= 15 is 0 Å². The third-order valence-electron chi connectivity index (χ3n) is 5.89. The fourth-order valence-corrected chi connectivity index (χ4v) is 4.29. The van der Waals surface area contributed by atoms with Gasteiger partial charge in [0.15, 0.2) is 0 Å². The minimum Gasteiger partial charge on any atom is -0.378 e. The normalized spacial score (nSPS) is 21.3. The van der Waals surface area contributed by atoms with E-state index in [1.807, 2.05) is 30.3 Å². The molecule has 2 aliphatic rings. The van der Waals surface area contributed by atoms with E-state index in [9.17, 15) is 13.6 Å². The molecule has 8 heteroatoms. The SMILES string of the molecule is NCCCC1(c2ccccc2)CC(c2cc(F)ccc2F)=NN1C(=O)N1CCOCC1. The van der Waals surface area contributed by atoms with Crippen LogP contribution in [0.5, 0.6) is 0 Å². The van der Waals surface area contributed by atoms with Crippen molar-refractivity contribution in [2.24, 2.45) is 10.8 Å². The number of morpholine rings is 1. The smallest absolute Gasteiger partial charge is 0.341 e. The van der Waals surface area contributed by atoms with E-state index in [0.717, 1.165) is 23.8 Å². The fraction of sp³-hybridized carbons (Fsp3) is 0.391. The van der Waals surface area contributed by atoms with Gasteiger partial charge in [-0.2, -0.15) is 5.10 Å². The van der Waals surface area contributed by atoms with Crippen LogP contribution in [0.15, 0.2) is 53.6 Å². The molecule has 2 aromatic carbocycles. The summed E-state index contributed by atoms with van der Waals surface area (Å²) in [5.74, 6) is -1.12. The molecule has 0 saturated carbocycles. The number of carbonyl (C=O) groups is 1. The van der Waals surface area contributed by atoms with E-state index in [-0.39, 0.29) is 18.0 Å². The number of ether oxygens (including phenoxy) is 1. The summed E-state index contributed by atoms with van der Waals surface area (Å²) < 4.78 is 33.9. The highest BCUT2D eigenvalue weighted by atomic mass is 19.1. The summed E-state index contributed by atoms with van der Waals surface area (Å²) in [7, 11) is 0. The van der Waals surface area contributed by atoms with Crippen LogP contribution in [-0.4, -0.2) is 54.5 Å². The van der Waals surface area contributed by atoms with Crippen LogP contribution in [0.2, 0.25) is 0 Å². The van der Waals surface area contributed by atoms with Gasteiger partial charge in [0.2, 0.25) is 0 Å². The molecule has 164 valence electrons. The van der Waals surface area contributed by atoms with Gasteiger partial charge in [0.05, 0.1) is 24.5 Å². The minimum absolute atomic E-state index is 0.0744. The second-order valence-electron chi connectivity index (χ2n) is 7.83. The van der Waals surface area contributed by atoms with Crippen LogP contribution in [0.25, 0.3) is 0 Å². The summed E-state index contributed by atoms with van der Waals surface area (Å²) in [5, 5.41) is 6.05. The van der Waals surface area contributed by atoms with E-state index in [0.29, 0.717) is 51.4 Å². The predicted octanol–water partition coefficient (Wildman–Crippen LogP) is 3.46. The molecule has 1 unspecified atom stereocenters. The molecule has 2 aromatic rings. The molecule has 0 aliphatic carbocycles. The van der Waals surface area contributed by atoms with Crippen molar-refractivity contribution in [3.63, 3.8) is 0 Å². The Morgan fingerprint density at radius 1 is 1.13 bits per heavy atom. The van der Waals surface area contributed by atoms with Crippen molar-refractivity contribution in [1.29, 1.82) is 0 Å². The summed E-state index contributed by atoms with van der Waals surface area (Å²) >= 11 is 0. The van der Waals surface area contributed by atoms with E-state index in [2.05, 4.69) is 5.10 Å². The van der Waals surface area contributed by atoms with Gasteiger partial charge in [-0.1, -0.05) is 30.3 Å². The highest BCUT2D eigenvalue weighted by molar-refractivity contribution is 6.04. The zero-order valence-electron chi connectivity index (χ0n) is 17.3. The van der Waals surface area contributed by atoms with E-state index in [4.69, 9.17) is 10.5 Å². The lowest BCUT2D eigenvalue weighted by molar-refractivity contribution is 0.0292. The van der Waals surface area contributed by atoms with Crippen LogP contribution >= 0.6 is 0 Å². The van der Waals surface area contributed by atoms with Gasteiger partial charge in [-0.15, -0.1) is 0 Å². The van der Waals surface area contributed by atoms with Crippen LogP contribution in [-0.2, 0) is 10.3 Å². The highest BCUT2D eigenvalue weighted by Crippen LogP contribution is 2.43. The van der Waals surface area contributed by atoms with Crippen molar-refractivity contribution in [3.05, 3.63) is 71.3 Å². The van der Waals surface area contributed by atoms with Gasteiger partial charge in [0.1, 0.15) is 11.6 Å². The number of rotatable bonds is 5. The van der Waals surface area contributed by atoms with Crippen molar-refractivity contribution < 1.29 is 18.3 Å². The van der Waals surface area contributed by atoms with Crippen molar-refractivity contribution in [2.75, 3.05) is 32.8 Å². The predicted molar refractivity (Wildman–Crippen MR) is 114 cm³/mol. The Hall–Kier alpha value is -2.84. The van der Waals surface area contributed by atoms with Gasteiger partial charge in [-0.3, -0.25) is 0 Å². The molecule has 2 N–H and O–H groups in total.